The fourth-order valence-electron chi connectivity index (χ4n) is 1.89. The first-order valence-corrected chi connectivity index (χ1v) is 4.31. The molecule has 1 aliphatic carbocycles. The number of hydrogen-bond acceptors (Lipinski definition) is 1. The molecule has 68 valence electrons. The third-order valence-corrected chi connectivity index (χ3v) is 2.73. The summed E-state index contributed by atoms with van der Waals surface area (Å²) in [7, 11) is 0. The van der Waals surface area contributed by atoms with Crippen molar-refractivity contribution in [3.05, 3.63) is 11.6 Å². The lowest BCUT2D eigenvalue weighted by molar-refractivity contribution is -0.119. The van der Waals surface area contributed by atoms with Gasteiger partial charge in [0.15, 0.2) is 0 Å². The monoisotopic (exact) mass is 167 g/mol. The maximum atomic E-state index is 11.0. The summed E-state index contributed by atoms with van der Waals surface area (Å²) in [4.78, 5) is 11.0. The van der Waals surface area contributed by atoms with Gasteiger partial charge in [-0.3, -0.25) is 4.79 Å². The van der Waals surface area contributed by atoms with Gasteiger partial charge < -0.3 is 5.73 Å². The Hall–Kier alpha value is -0.790. The molecule has 2 N–H and O–H groups in total. The van der Waals surface area contributed by atoms with E-state index in [0.717, 1.165) is 0 Å². The molecule has 0 aromatic heterocycles. The van der Waals surface area contributed by atoms with Crippen LogP contribution in [0.2, 0.25) is 0 Å². The van der Waals surface area contributed by atoms with Crippen molar-refractivity contribution in [3.63, 3.8) is 0 Å². The Balaban J connectivity index is 2.73. The van der Waals surface area contributed by atoms with Crippen LogP contribution in [0.15, 0.2) is 11.6 Å². The zero-order valence-corrected chi connectivity index (χ0v) is 8.22. The van der Waals surface area contributed by atoms with Crippen LogP contribution in [0.5, 0.6) is 0 Å². The normalized spacial score (nSPS) is 31.0. The number of rotatable bonds is 2. The maximum Gasteiger partial charge on any atom is 0.221 e. The maximum absolute atomic E-state index is 11.0. The topological polar surface area (TPSA) is 43.1 Å². The van der Waals surface area contributed by atoms with Gasteiger partial charge in [-0.1, -0.05) is 25.5 Å². The summed E-state index contributed by atoms with van der Waals surface area (Å²) in [6, 6.07) is 0. The van der Waals surface area contributed by atoms with Gasteiger partial charge in [0.05, 0.1) is 5.92 Å². The summed E-state index contributed by atoms with van der Waals surface area (Å²) < 4.78 is 0. The molecule has 2 heteroatoms. The highest BCUT2D eigenvalue weighted by Crippen LogP contribution is 2.58. The number of hydrogen-bond donors (Lipinski definition) is 1. The number of amides is 1. The van der Waals surface area contributed by atoms with Gasteiger partial charge in [0.25, 0.3) is 0 Å². The van der Waals surface area contributed by atoms with Gasteiger partial charge in [0.2, 0.25) is 5.91 Å². The molecule has 0 bridgehead atoms. The Morgan fingerprint density at radius 3 is 2.17 bits per heavy atom. The third kappa shape index (κ3) is 1.38. The van der Waals surface area contributed by atoms with Crippen molar-refractivity contribution in [1.82, 2.24) is 0 Å². The first-order chi connectivity index (χ1) is 5.37. The Bertz CT molecular complexity index is 236. The van der Waals surface area contributed by atoms with Crippen LogP contribution in [0.3, 0.4) is 0 Å². The van der Waals surface area contributed by atoms with E-state index in [1.165, 1.54) is 5.57 Å². The Morgan fingerprint density at radius 1 is 1.42 bits per heavy atom. The number of allylic oxidation sites excluding steroid dienone is 2. The summed E-state index contributed by atoms with van der Waals surface area (Å²) in [5, 5.41) is 0. The van der Waals surface area contributed by atoms with Crippen molar-refractivity contribution < 1.29 is 4.79 Å². The van der Waals surface area contributed by atoms with Crippen LogP contribution in [0, 0.1) is 17.3 Å². The Labute approximate surface area is 73.8 Å². The lowest BCUT2D eigenvalue weighted by Gasteiger charge is -1.97. The lowest BCUT2D eigenvalue weighted by Crippen LogP contribution is -2.16. The van der Waals surface area contributed by atoms with E-state index in [9.17, 15) is 4.79 Å². The van der Waals surface area contributed by atoms with Gasteiger partial charge in [-0.25, -0.2) is 0 Å². The molecule has 2 nitrogen and oxygen atoms in total. The number of primary amides is 1. The summed E-state index contributed by atoms with van der Waals surface area (Å²) in [5.74, 6) is 0.245. The summed E-state index contributed by atoms with van der Waals surface area (Å²) >= 11 is 0. The van der Waals surface area contributed by atoms with Crippen LogP contribution in [0.4, 0.5) is 0 Å². The van der Waals surface area contributed by atoms with Crippen LogP contribution >= 0.6 is 0 Å². The molecule has 1 fully saturated rings. The molecule has 2 atom stereocenters. The lowest BCUT2D eigenvalue weighted by atomic mass is 10.1. The van der Waals surface area contributed by atoms with Gasteiger partial charge >= 0.3 is 0 Å². The van der Waals surface area contributed by atoms with E-state index in [1.54, 1.807) is 0 Å². The number of nitrogens with two attached hydrogens (primary N) is 1. The van der Waals surface area contributed by atoms with Crippen LogP contribution < -0.4 is 5.73 Å². The van der Waals surface area contributed by atoms with Crippen molar-refractivity contribution in [2.45, 2.75) is 27.7 Å². The second-order valence-electron chi connectivity index (χ2n) is 4.47. The molecule has 1 saturated carbocycles. The van der Waals surface area contributed by atoms with Gasteiger partial charge in [-0.2, -0.15) is 0 Å². The van der Waals surface area contributed by atoms with Gasteiger partial charge in [0.1, 0.15) is 0 Å². The molecule has 0 spiro atoms. The van der Waals surface area contributed by atoms with E-state index in [2.05, 4.69) is 19.9 Å². The Kier molecular flexibility index (Phi) is 2.02. The first-order valence-electron chi connectivity index (χ1n) is 4.31. The van der Waals surface area contributed by atoms with Crippen molar-refractivity contribution in [1.29, 1.82) is 0 Å². The second kappa shape index (κ2) is 2.61. The van der Waals surface area contributed by atoms with Gasteiger partial charge in [-0.05, 0) is 25.2 Å². The minimum absolute atomic E-state index is 0.0485. The molecule has 2 unspecified atom stereocenters. The van der Waals surface area contributed by atoms with Crippen molar-refractivity contribution in [2.75, 3.05) is 0 Å². The average molecular weight is 167 g/mol. The molecular formula is C10H17NO. The minimum Gasteiger partial charge on any atom is -0.369 e. The van der Waals surface area contributed by atoms with E-state index >= 15 is 0 Å². The molecule has 0 radical (unpaired) electrons. The number of carbonyl (C=O) groups is 1. The van der Waals surface area contributed by atoms with Crippen molar-refractivity contribution in [2.24, 2.45) is 23.0 Å². The molecule has 1 rings (SSSR count). The molecular weight excluding hydrogens is 150 g/mol. The number of carbonyl (C=O) groups excluding carboxylic acids is 1. The first kappa shape index (κ1) is 9.30. The summed E-state index contributed by atoms with van der Waals surface area (Å²) in [6.07, 6.45) is 2.15. The van der Waals surface area contributed by atoms with Crippen LogP contribution in [-0.4, -0.2) is 5.91 Å². The fourth-order valence-corrected chi connectivity index (χ4v) is 1.89. The highest BCUT2D eigenvalue weighted by Gasteiger charge is 2.59. The zero-order chi connectivity index (χ0) is 9.52. The Morgan fingerprint density at radius 2 is 1.92 bits per heavy atom. The van der Waals surface area contributed by atoms with Crippen LogP contribution in [0.1, 0.15) is 27.7 Å². The highest BCUT2D eigenvalue weighted by molar-refractivity contribution is 5.81. The standard InChI is InChI=1S/C10H17NO/c1-6(2)5-7-8(9(11)12)10(7,3)4/h5,7-8H,1-4H3,(H2,11,12). The molecule has 0 aromatic rings. The van der Waals surface area contributed by atoms with E-state index in [0.29, 0.717) is 5.92 Å². The van der Waals surface area contributed by atoms with Crippen molar-refractivity contribution >= 4 is 5.91 Å². The summed E-state index contributed by atoms with van der Waals surface area (Å²) in [6.45, 7) is 8.28. The highest BCUT2D eigenvalue weighted by atomic mass is 16.1. The average Bonchev–Trinajstić information content (AvgIpc) is 2.32. The molecule has 12 heavy (non-hydrogen) atoms. The largest absolute Gasteiger partial charge is 0.369 e. The third-order valence-electron chi connectivity index (χ3n) is 2.73. The molecule has 0 aromatic carbocycles. The van der Waals surface area contributed by atoms with E-state index in [4.69, 9.17) is 5.73 Å². The molecule has 1 aliphatic rings. The SMILES string of the molecule is CC(C)=CC1C(C(N)=O)C1(C)C. The van der Waals surface area contributed by atoms with Gasteiger partial charge in [-0.15, -0.1) is 0 Å². The van der Waals surface area contributed by atoms with Crippen molar-refractivity contribution in [3.8, 4) is 0 Å². The minimum atomic E-state index is -0.164. The molecule has 0 saturated heterocycles. The molecule has 1 amide bonds. The smallest absolute Gasteiger partial charge is 0.221 e. The molecule has 0 aliphatic heterocycles. The van der Waals surface area contributed by atoms with Crippen LogP contribution in [0.25, 0.3) is 0 Å². The summed E-state index contributed by atoms with van der Waals surface area (Å²) in [5.41, 5.74) is 6.62. The van der Waals surface area contributed by atoms with E-state index in [1.807, 2.05) is 13.8 Å². The quantitative estimate of drug-likeness (QED) is 0.625. The van der Waals surface area contributed by atoms with Crippen LogP contribution in [-0.2, 0) is 4.79 Å². The predicted molar refractivity (Wildman–Crippen MR) is 49.4 cm³/mol. The zero-order valence-electron chi connectivity index (χ0n) is 8.22. The van der Waals surface area contributed by atoms with Gasteiger partial charge in [0, 0.05) is 0 Å². The second-order valence-corrected chi connectivity index (χ2v) is 4.47. The fraction of sp³-hybridized carbons (Fsp3) is 0.700. The molecule has 0 heterocycles. The predicted octanol–water partition coefficient (Wildman–Crippen LogP) is 1.71. The van der Waals surface area contributed by atoms with E-state index in [-0.39, 0.29) is 17.2 Å². The van der Waals surface area contributed by atoms with E-state index < -0.39 is 0 Å².